The largest absolute Gasteiger partial charge is 0.480 e. The molecule has 8 nitrogen and oxygen atoms in total. The Hall–Kier alpha value is -2.61. The number of aliphatic carboxylic acids is 1. The molecule has 0 fully saturated rings. The Morgan fingerprint density at radius 3 is 3.00 bits per heavy atom. The number of carbonyl (C=O) groups is 2. The molecule has 0 aromatic carbocycles. The van der Waals surface area contributed by atoms with Crippen molar-refractivity contribution in [2.24, 2.45) is 5.73 Å². The zero-order valence-corrected chi connectivity index (χ0v) is 11.1. The maximum atomic E-state index is 12.5. The Labute approximate surface area is 119 Å². The number of imidazole rings is 1. The number of H-pyrrole nitrogens is 1. The number of amides is 1. The average Bonchev–Trinajstić information content (AvgIpc) is 3.13. The van der Waals surface area contributed by atoms with Crippen LogP contribution in [0.1, 0.15) is 27.7 Å². The topological polar surface area (TPSA) is 125 Å². The van der Waals surface area contributed by atoms with Crippen LogP contribution < -0.4 is 5.73 Å². The van der Waals surface area contributed by atoms with Gasteiger partial charge in [0.1, 0.15) is 11.8 Å². The lowest BCUT2D eigenvalue weighted by Gasteiger charge is -2.31. The van der Waals surface area contributed by atoms with Crippen LogP contribution in [0.3, 0.4) is 0 Å². The van der Waals surface area contributed by atoms with Gasteiger partial charge < -0.3 is 25.1 Å². The molecule has 1 aliphatic heterocycles. The fourth-order valence-electron chi connectivity index (χ4n) is 2.41. The predicted molar refractivity (Wildman–Crippen MR) is 70.2 cm³/mol. The third-order valence-electron chi connectivity index (χ3n) is 3.52. The summed E-state index contributed by atoms with van der Waals surface area (Å²) in [6.07, 6.45) is 1.67. The van der Waals surface area contributed by atoms with Crippen molar-refractivity contribution < 1.29 is 19.1 Å². The van der Waals surface area contributed by atoms with Gasteiger partial charge >= 0.3 is 5.97 Å². The van der Waals surface area contributed by atoms with Crippen molar-refractivity contribution in [3.8, 4) is 0 Å². The van der Waals surface area contributed by atoms with Gasteiger partial charge in [-0.2, -0.15) is 0 Å². The smallest absolute Gasteiger partial charge is 0.326 e. The normalized spacial score (nSPS) is 17.6. The second-order valence-corrected chi connectivity index (χ2v) is 4.79. The Kier molecular flexibility index (Phi) is 3.22. The maximum Gasteiger partial charge on any atom is 0.326 e. The Morgan fingerprint density at radius 1 is 1.52 bits per heavy atom. The van der Waals surface area contributed by atoms with E-state index in [0.717, 1.165) is 5.69 Å². The second-order valence-electron chi connectivity index (χ2n) is 4.79. The molecule has 2 aromatic rings. The third-order valence-corrected chi connectivity index (χ3v) is 3.52. The van der Waals surface area contributed by atoms with Gasteiger partial charge in [-0.15, -0.1) is 0 Å². The molecule has 1 aliphatic rings. The quantitative estimate of drug-likeness (QED) is 0.736. The highest BCUT2D eigenvalue weighted by Crippen LogP contribution is 2.23. The number of fused-ring (bicyclic) bond motifs is 1. The summed E-state index contributed by atoms with van der Waals surface area (Å²) in [5, 5.41) is 9.34. The van der Waals surface area contributed by atoms with Gasteiger partial charge in [0.25, 0.3) is 5.91 Å². The predicted octanol–water partition coefficient (Wildman–Crippen LogP) is 0.113. The molecule has 0 saturated heterocycles. The molecule has 0 bridgehead atoms. The summed E-state index contributed by atoms with van der Waals surface area (Å²) < 4.78 is 5.31. The Balaban J connectivity index is 1.91. The summed E-state index contributed by atoms with van der Waals surface area (Å²) in [5.41, 5.74) is 6.86. The SMILES string of the molecule is NCc1ccc(C(=O)N2Cc3[nH]cnc3CC2C(=O)O)o1. The van der Waals surface area contributed by atoms with Crippen LogP contribution in [0.4, 0.5) is 0 Å². The van der Waals surface area contributed by atoms with E-state index in [1.807, 2.05) is 0 Å². The van der Waals surface area contributed by atoms with Crippen LogP contribution in [-0.2, 0) is 24.3 Å². The number of aromatic amines is 1. The number of rotatable bonds is 3. The van der Waals surface area contributed by atoms with Gasteiger partial charge in [-0.3, -0.25) is 4.79 Å². The number of carboxylic acid groups (broad SMARTS) is 1. The van der Waals surface area contributed by atoms with E-state index >= 15 is 0 Å². The van der Waals surface area contributed by atoms with Gasteiger partial charge in [0, 0.05) is 6.42 Å². The minimum Gasteiger partial charge on any atom is -0.480 e. The number of nitrogens with two attached hydrogens (primary N) is 1. The van der Waals surface area contributed by atoms with Gasteiger partial charge in [0.05, 0.1) is 30.8 Å². The fourth-order valence-corrected chi connectivity index (χ4v) is 2.41. The van der Waals surface area contributed by atoms with Crippen LogP contribution in [0, 0.1) is 0 Å². The van der Waals surface area contributed by atoms with E-state index in [0.29, 0.717) is 11.5 Å². The molecule has 2 aromatic heterocycles. The maximum absolute atomic E-state index is 12.5. The van der Waals surface area contributed by atoms with E-state index in [1.165, 1.54) is 17.3 Å². The first-order chi connectivity index (χ1) is 10.1. The molecule has 1 unspecified atom stereocenters. The van der Waals surface area contributed by atoms with Crippen molar-refractivity contribution in [2.75, 3.05) is 0 Å². The molecule has 0 saturated carbocycles. The van der Waals surface area contributed by atoms with Crippen molar-refractivity contribution >= 4 is 11.9 Å². The van der Waals surface area contributed by atoms with Crippen molar-refractivity contribution in [1.29, 1.82) is 0 Å². The van der Waals surface area contributed by atoms with Crippen molar-refractivity contribution in [1.82, 2.24) is 14.9 Å². The molecular weight excluding hydrogens is 276 g/mol. The lowest BCUT2D eigenvalue weighted by Crippen LogP contribution is -2.48. The summed E-state index contributed by atoms with van der Waals surface area (Å²) in [6.45, 7) is 0.337. The number of aromatic nitrogens is 2. The summed E-state index contributed by atoms with van der Waals surface area (Å²) >= 11 is 0. The first-order valence-corrected chi connectivity index (χ1v) is 6.44. The minimum atomic E-state index is -1.07. The van der Waals surface area contributed by atoms with Crippen molar-refractivity contribution in [3.05, 3.63) is 41.4 Å². The van der Waals surface area contributed by atoms with Gasteiger partial charge in [0.15, 0.2) is 5.76 Å². The third kappa shape index (κ3) is 2.29. The number of carbonyl (C=O) groups excluding carboxylic acids is 1. The fraction of sp³-hybridized carbons (Fsp3) is 0.308. The van der Waals surface area contributed by atoms with E-state index in [2.05, 4.69) is 9.97 Å². The van der Waals surface area contributed by atoms with Crippen LogP contribution in [0.5, 0.6) is 0 Å². The molecule has 0 spiro atoms. The lowest BCUT2D eigenvalue weighted by atomic mass is 10.0. The number of nitrogens with zero attached hydrogens (tertiary/aromatic N) is 2. The van der Waals surface area contributed by atoms with Crippen LogP contribution in [0.2, 0.25) is 0 Å². The molecular formula is C13H14N4O4. The lowest BCUT2D eigenvalue weighted by molar-refractivity contribution is -0.142. The summed E-state index contributed by atoms with van der Waals surface area (Å²) in [6, 6.07) is 2.15. The zero-order chi connectivity index (χ0) is 15.0. The van der Waals surface area contributed by atoms with E-state index in [1.54, 1.807) is 6.07 Å². The first-order valence-electron chi connectivity index (χ1n) is 6.44. The monoisotopic (exact) mass is 290 g/mol. The van der Waals surface area contributed by atoms with Gasteiger partial charge in [-0.05, 0) is 12.1 Å². The van der Waals surface area contributed by atoms with Crippen molar-refractivity contribution in [3.63, 3.8) is 0 Å². The van der Waals surface area contributed by atoms with Crippen LogP contribution in [0.25, 0.3) is 0 Å². The standard InChI is InChI=1S/C13H14N4O4/c14-4-7-1-2-11(21-7)12(18)17-5-9-8(15-6-16-9)3-10(17)13(19)20/h1-2,6,10H,3-5,14H2,(H,15,16)(H,19,20). The Bertz CT molecular complexity index is 690. The van der Waals surface area contributed by atoms with Crippen LogP contribution >= 0.6 is 0 Å². The zero-order valence-electron chi connectivity index (χ0n) is 11.1. The molecule has 4 N–H and O–H groups in total. The molecule has 3 rings (SSSR count). The number of nitrogens with one attached hydrogen (secondary N) is 1. The molecule has 8 heteroatoms. The highest BCUT2D eigenvalue weighted by atomic mass is 16.4. The highest BCUT2D eigenvalue weighted by Gasteiger charge is 2.37. The summed E-state index contributed by atoms with van der Waals surface area (Å²) in [5.74, 6) is -0.973. The van der Waals surface area contributed by atoms with E-state index < -0.39 is 17.9 Å². The molecule has 110 valence electrons. The van der Waals surface area contributed by atoms with Crippen LogP contribution in [-0.4, -0.2) is 37.9 Å². The molecule has 0 aliphatic carbocycles. The molecule has 1 amide bonds. The summed E-state index contributed by atoms with van der Waals surface area (Å²) in [7, 11) is 0. The minimum absolute atomic E-state index is 0.0877. The highest BCUT2D eigenvalue weighted by molar-refractivity contribution is 5.94. The van der Waals surface area contributed by atoms with Gasteiger partial charge in [0.2, 0.25) is 0 Å². The molecule has 0 radical (unpaired) electrons. The average molecular weight is 290 g/mol. The number of hydrogen-bond donors (Lipinski definition) is 3. The number of hydrogen-bond acceptors (Lipinski definition) is 5. The van der Waals surface area contributed by atoms with E-state index in [-0.39, 0.29) is 25.3 Å². The number of carboxylic acids is 1. The summed E-state index contributed by atoms with van der Waals surface area (Å²) in [4.78, 5) is 32.1. The molecule has 3 heterocycles. The molecule has 1 atom stereocenters. The van der Waals surface area contributed by atoms with Crippen LogP contribution in [0.15, 0.2) is 22.9 Å². The van der Waals surface area contributed by atoms with Gasteiger partial charge in [-0.1, -0.05) is 0 Å². The van der Waals surface area contributed by atoms with Gasteiger partial charge in [-0.25, -0.2) is 9.78 Å². The van der Waals surface area contributed by atoms with E-state index in [4.69, 9.17) is 10.2 Å². The van der Waals surface area contributed by atoms with Crippen molar-refractivity contribution in [2.45, 2.75) is 25.6 Å². The second kappa shape index (κ2) is 5.06. The number of furan rings is 1. The Morgan fingerprint density at radius 2 is 2.33 bits per heavy atom. The molecule has 21 heavy (non-hydrogen) atoms. The first kappa shape index (κ1) is 13.4. The van der Waals surface area contributed by atoms with E-state index in [9.17, 15) is 14.7 Å².